The predicted octanol–water partition coefficient (Wildman–Crippen LogP) is 4.39. The van der Waals surface area contributed by atoms with Crippen molar-refractivity contribution in [2.24, 2.45) is 0 Å². The van der Waals surface area contributed by atoms with Crippen LogP contribution < -0.4 is 5.63 Å². The molecule has 3 aromatic rings. The van der Waals surface area contributed by atoms with E-state index >= 15 is 0 Å². The van der Waals surface area contributed by atoms with Gasteiger partial charge in [0.2, 0.25) is 0 Å². The smallest absolute Gasteiger partial charge is 0.336 e. The lowest BCUT2D eigenvalue weighted by Gasteiger charge is -2.09. The maximum absolute atomic E-state index is 11.8. The van der Waals surface area contributed by atoms with Crippen LogP contribution in [0, 0.1) is 20.8 Å². The number of fused-ring (bicyclic) bond motifs is 1. The predicted molar refractivity (Wildman–Crippen MR) is 82.1 cm³/mol. The lowest BCUT2D eigenvalue weighted by molar-refractivity contribution is 0.561. The number of hydrogen-bond acceptors (Lipinski definition) is 2. The number of benzene rings is 2. The van der Waals surface area contributed by atoms with Crippen molar-refractivity contribution >= 4 is 11.0 Å². The number of rotatable bonds is 1. The average Bonchev–Trinajstić information content (AvgIpc) is 2.37. The molecule has 20 heavy (non-hydrogen) atoms. The average molecular weight is 264 g/mol. The summed E-state index contributed by atoms with van der Waals surface area (Å²) in [5, 5.41) is 1.01. The largest absolute Gasteiger partial charge is 0.423 e. The topological polar surface area (TPSA) is 30.2 Å². The molecule has 0 fully saturated rings. The lowest BCUT2D eigenvalue weighted by atomic mass is 9.97. The Morgan fingerprint density at radius 2 is 1.55 bits per heavy atom. The Bertz CT molecular complexity index is 840. The van der Waals surface area contributed by atoms with Gasteiger partial charge in [0.05, 0.1) is 0 Å². The van der Waals surface area contributed by atoms with E-state index in [9.17, 15) is 4.79 Å². The van der Waals surface area contributed by atoms with Gasteiger partial charge in [-0.05, 0) is 43.5 Å². The maximum atomic E-state index is 11.8. The molecule has 0 unspecified atom stereocenters. The summed E-state index contributed by atoms with van der Waals surface area (Å²) < 4.78 is 5.35. The van der Waals surface area contributed by atoms with E-state index in [4.69, 9.17) is 4.42 Å². The minimum absolute atomic E-state index is 0.307. The van der Waals surface area contributed by atoms with E-state index in [-0.39, 0.29) is 5.63 Å². The summed E-state index contributed by atoms with van der Waals surface area (Å²) in [6.45, 7) is 6.11. The van der Waals surface area contributed by atoms with Crippen LogP contribution in [-0.4, -0.2) is 0 Å². The highest BCUT2D eigenvalue weighted by Crippen LogP contribution is 2.30. The Morgan fingerprint density at radius 1 is 0.850 bits per heavy atom. The first kappa shape index (κ1) is 12.7. The summed E-state index contributed by atoms with van der Waals surface area (Å²) in [7, 11) is 0. The first-order valence-corrected chi connectivity index (χ1v) is 6.67. The third-order valence-corrected chi connectivity index (χ3v) is 3.55. The van der Waals surface area contributed by atoms with Crippen LogP contribution in [0.2, 0.25) is 0 Å². The van der Waals surface area contributed by atoms with Crippen molar-refractivity contribution in [2.45, 2.75) is 20.8 Å². The second-order valence-corrected chi connectivity index (χ2v) is 5.30. The van der Waals surface area contributed by atoms with Crippen LogP contribution in [0.5, 0.6) is 0 Å². The van der Waals surface area contributed by atoms with Crippen LogP contribution in [-0.2, 0) is 0 Å². The summed E-state index contributed by atoms with van der Waals surface area (Å²) in [4.78, 5) is 11.8. The zero-order valence-electron chi connectivity index (χ0n) is 11.9. The molecule has 3 rings (SSSR count). The van der Waals surface area contributed by atoms with Crippen molar-refractivity contribution in [2.75, 3.05) is 0 Å². The standard InChI is InChI=1S/C18H16O2/c1-11-4-6-14(7-5-11)15-10-17(19)20-16-9-12(2)8-13(3)18(15)16/h4-10H,1-3H3. The Balaban J connectivity index is 2.40. The minimum Gasteiger partial charge on any atom is -0.423 e. The molecule has 0 amide bonds. The monoisotopic (exact) mass is 264 g/mol. The van der Waals surface area contributed by atoms with Crippen molar-refractivity contribution in [3.63, 3.8) is 0 Å². The minimum atomic E-state index is -0.307. The molecule has 2 nitrogen and oxygen atoms in total. The normalized spacial score (nSPS) is 10.9. The molecular weight excluding hydrogens is 248 g/mol. The Hall–Kier alpha value is -2.35. The summed E-state index contributed by atoms with van der Waals surface area (Å²) >= 11 is 0. The van der Waals surface area contributed by atoms with Crippen LogP contribution in [0.15, 0.2) is 51.7 Å². The first-order valence-electron chi connectivity index (χ1n) is 6.67. The van der Waals surface area contributed by atoms with Gasteiger partial charge in [0.25, 0.3) is 0 Å². The summed E-state index contributed by atoms with van der Waals surface area (Å²) in [5.41, 5.74) is 5.75. The highest BCUT2D eigenvalue weighted by atomic mass is 16.4. The van der Waals surface area contributed by atoms with Gasteiger partial charge in [-0.25, -0.2) is 4.79 Å². The molecular formula is C18H16O2. The van der Waals surface area contributed by atoms with Crippen LogP contribution in [0.25, 0.3) is 22.1 Å². The fourth-order valence-electron chi connectivity index (χ4n) is 2.64. The van der Waals surface area contributed by atoms with Crippen LogP contribution in [0.4, 0.5) is 0 Å². The maximum Gasteiger partial charge on any atom is 0.336 e. The SMILES string of the molecule is Cc1ccc(-c2cc(=O)oc3cc(C)cc(C)c23)cc1. The highest BCUT2D eigenvalue weighted by Gasteiger charge is 2.10. The van der Waals surface area contributed by atoms with Gasteiger partial charge < -0.3 is 4.42 Å². The van der Waals surface area contributed by atoms with E-state index in [1.807, 2.05) is 32.0 Å². The Labute approximate surface area is 117 Å². The third-order valence-electron chi connectivity index (χ3n) is 3.55. The van der Waals surface area contributed by atoms with E-state index in [1.165, 1.54) is 5.56 Å². The molecule has 1 heterocycles. The lowest BCUT2D eigenvalue weighted by Crippen LogP contribution is -1.99. The first-order chi connectivity index (χ1) is 9.54. The molecule has 0 N–H and O–H groups in total. The fraction of sp³-hybridized carbons (Fsp3) is 0.167. The van der Waals surface area contributed by atoms with Gasteiger partial charge in [0.15, 0.2) is 0 Å². The molecule has 0 aliphatic carbocycles. The van der Waals surface area contributed by atoms with Crippen LogP contribution in [0.1, 0.15) is 16.7 Å². The van der Waals surface area contributed by atoms with E-state index in [0.717, 1.165) is 27.6 Å². The van der Waals surface area contributed by atoms with Crippen molar-refractivity contribution in [3.05, 3.63) is 69.6 Å². The van der Waals surface area contributed by atoms with Crippen molar-refractivity contribution in [1.29, 1.82) is 0 Å². The zero-order chi connectivity index (χ0) is 14.3. The van der Waals surface area contributed by atoms with Crippen LogP contribution >= 0.6 is 0 Å². The van der Waals surface area contributed by atoms with E-state index < -0.39 is 0 Å². The second kappa shape index (κ2) is 4.64. The van der Waals surface area contributed by atoms with Crippen molar-refractivity contribution in [3.8, 4) is 11.1 Å². The molecule has 2 aromatic carbocycles. The van der Waals surface area contributed by atoms with E-state index in [0.29, 0.717) is 5.58 Å². The zero-order valence-corrected chi connectivity index (χ0v) is 11.9. The highest BCUT2D eigenvalue weighted by molar-refractivity contribution is 5.95. The quantitative estimate of drug-likeness (QED) is 0.610. The van der Waals surface area contributed by atoms with Gasteiger partial charge in [0, 0.05) is 17.0 Å². The molecule has 1 aromatic heterocycles. The van der Waals surface area contributed by atoms with Gasteiger partial charge in [-0.1, -0.05) is 35.9 Å². The summed E-state index contributed by atoms with van der Waals surface area (Å²) in [6, 6.07) is 13.8. The van der Waals surface area contributed by atoms with Gasteiger partial charge in [-0.3, -0.25) is 0 Å². The van der Waals surface area contributed by atoms with E-state index in [2.05, 4.69) is 25.1 Å². The van der Waals surface area contributed by atoms with E-state index in [1.54, 1.807) is 6.07 Å². The number of aryl methyl sites for hydroxylation is 3. The molecule has 100 valence electrons. The van der Waals surface area contributed by atoms with Gasteiger partial charge in [0.1, 0.15) is 5.58 Å². The van der Waals surface area contributed by atoms with Gasteiger partial charge in [-0.15, -0.1) is 0 Å². The molecule has 0 aliphatic heterocycles. The molecule has 2 heteroatoms. The molecule has 0 atom stereocenters. The molecule has 0 aliphatic rings. The molecule has 0 saturated carbocycles. The third kappa shape index (κ3) is 2.14. The number of hydrogen-bond donors (Lipinski definition) is 0. The Morgan fingerprint density at radius 3 is 2.25 bits per heavy atom. The fourth-order valence-corrected chi connectivity index (χ4v) is 2.64. The Kier molecular flexibility index (Phi) is 2.94. The van der Waals surface area contributed by atoms with Crippen molar-refractivity contribution in [1.82, 2.24) is 0 Å². The molecule has 0 saturated heterocycles. The van der Waals surface area contributed by atoms with Gasteiger partial charge >= 0.3 is 5.63 Å². The summed E-state index contributed by atoms with van der Waals surface area (Å²) in [6.07, 6.45) is 0. The van der Waals surface area contributed by atoms with Gasteiger partial charge in [-0.2, -0.15) is 0 Å². The van der Waals surface area contributed by atoms with Crippen LogP contribution in [0.3, 0.4) is 0 Å². The second-order valence-electron chi connectivity index (χ2n) is 5.30. The van der Waals surface area contributed by atoms with Crippen molar-refractivity contribution < 1.29 is 4.42 Å². The molecule has 0 spiro atoms. The molecule has 0 bridgehead atoms. The summed E-state index contributed by atoms with van der Waals surface area (Å²) in [5.74, 6) is 0. The molecule has 0 radical (unpaired) electrons.